The van der Waals surface area contributed by atoms with Crippen molar-refractivity contribution in [2.75, 3.05) is 13.7 Å². The highest BCUT2D eigenvalue weighted by atomic mass is 35.5. The molecule has 1 aromatic carbocycles. The normalized spacial score (nSPS) is 18.3. The van der Waals surface area contributed by atoms with Crippen molar-refractivity contribution in [1.29, 1.82) is 0 Å². The fourth-order valence-electron chi connectivity index (χ4n) is 4.63. The Kier molecular flexibility index (Phi) is 6.45. The number of aromatic nitrogens is 2. The summed E-state index contributed by atoms with van der Waals surface area (Å²) < 4.78 is 7.86. The molecule has 1 fully saturated rings. The van der Waals surface area contributed by atoms with E-state index in [0.717, 1.165) is 40.2 Å². The quantitative estimate of drug-likeness (QED) is 0.464. The van der Waals surface area contributed by atoms with Crippen molar-refractivity contribution in [2.24, 2.45) is 5.92 Å². The molecule has 32 heavy (non-hydrogen) atoms. The molecule has 2 atom stereocenters. The lowest BCUT2D eigenvalue weighted by Crippen LogP contribution is -2.33. The molecule has 0 saturated carbocycles. The Bertz CT molecular complexity index is 1130. The van der Waals surface area contributed by atoms with Crippen molar-refractivity contribution in [3.8, 4) is 11.4 Å². The molecule has 0 bridgehead atoms. The maximum atomic E-state index is 6.35. The van der Waals surface area contributed by atoms with Gasteiger partial charge in [-0.1, -0.05) is 31.5 Å². The van der Waals surface area contributed by atoms with Crippen LogP contribution in [0.5, 0.6) is 5.75 Å². The number of pyridine rings is 1. The molecule has 0 radical (unpaired) electrons. The minimum atomic E-state index is -0.0299. The zero-order chi connectivity index (χ0) is 23.0. The average molecular weight is 469 g/mol. The van der Waals surface area contributed by atoms with Gasteiger partial charge >= 0.3 is 0 Å². The van der Waals surface area contributed by atoms with Gasteiger partial charge in [0.1, 0.15) is 5.75 Å². The van der Waals surface area contributed by atoms with Gasteiger partial charge in [0.25, 0.3) is 0 Å². The summed E-state index contributed by atoms with van der Waals surface area (Å²) in [7, 11) is 1.68. The lowest BCUT2D eigenvalue weighted by Gasteiger charge is -2.29. The smallest absolute Gasteiger partial charge is 0.170 e. The van der Waals surface area contributed by atoms with E-state index in [4.69, 9.17) is 28.6 Å². The molecule has 2 aromatic heterocycles. The molecule has 1 N–H and O–H groups in total. The van der Waals surface area contributed by atoms with Crippen LogP contribution >= 0.6 is 23.8 Å². The van der Waals surface area contributed by atoms with Crippen molar-refractivity contribution >= 4 is 28.9 Å². The van der Waals surface area contributed by atoms with Gasteiger partial charge in [-0.15, -0.1) is 0 Å². The second kappa shape index (κ2) is 9.12. The number of thiocarbonyl (C=S) groups is 1. The maximum absolute atomic E-state index is 6.35. The van der Waals surface area contributed by atoms with Gasteiger partial charge in [0, 0.05) is 29.2 Å². The van der Waals surface area contributed by atoms with Crippen LogP contribution in [-0.2, 0) is 0 Å². The third kappa shape index (κ3) is 4.09. The molecular formula is C25H29ClN4OS. The number of hydrogen-bond acceptors (Lipinski definition) is 3. The SMILES string of the molecule is COc1ccc(Cl)cc1-n1c(C)cc([C@@H]2[C@@H](c3ccccn3)NC(=S)N2CC(C)C)c1C. The van der Waals surface area contributed by atoms with E-state index < -0.39 is 0 Å². The van der Waals surface area contributed by atoms with Gasteiger partial charge in [-0.2, -0.15) is 0 Å². The number of methoxy groups -OCH3 is 1. The summed E-state index contributed by atoms with van der Waals surface area (Å²) in [5.74, 6) is 1.25. The summed E-state index contributed by atoms with van der Waals surface area (Å²) in [4.78, 5) is 6.95. The largest absolute Gasteiger partial charge is 0.495 e. The first-order chi connectivity index (χ1) is 15.3. The van der Waals surface area contributed by atoms with E-state index in [-0.39, 0.29) is 12.1 Å². The lowest BCUT2D eigenvalue weighted by molar-refractivity contribution is 0.287. The Morgan fingerprint density at radius 2 is 1.97 bits per heavy atom. The number of aryl methyl sites for hydroxylation is 1. The fourth-order valence-corrected chi connectivity index (χ4v) is 5.11. The molecule has 4 rings (SSSR count). The fraction of sp³-hybridized carbons (Fsp3) is 0.360. The van der Waals surface area contributed by atoms with Gasteiger partial charge in [-0.05, 0) is 73.9 Å². The molecule has 1 aliphatic rings. The number of halogens is 1. The number of nitrogens with one attached hydrogen (secondary N) is 1. The number of benzene rings is 1. The van der Waals surface area contributed by atoms with E-state index >= 15 is 0 Å². The summed E-state index contributed by atoms with van der Waals surface area (Å²) in [6.45, 7) is 9.55. The molecule has 168 valence electrons. The Morgan fingerprint density at radius 3 is 2.62 bits per heavy atom. The molecule has 0 amide bonds. The first kappa shape index (κ1) is 22.6. The summed E-state index contributed by atoms with van der Waals surface area (Å²) in [5.41, 5.74) is 5.37. The van der Waals surface area contributed by atoms with Gasteiger partial charge in [0.15, 0.2) is 5.11 Å². The Labute approximate surface area is 200 Å². The maximum Gasteiger partial charge on any atom is 0.170 e. The summed E-state index contributed by atoms with van der Waals surface area (Å²) >= 11 is 12.1. The van der Waals surface area contributed by atoms with Crippen molar-refractivity contribution < 1.29 is 4.74 Å². The number of hydrogen-bond donors (Lipinski definition) is 1. The first-order valence-corrected chi connectivity index (χ1v) is 11.6. The molecule has 3 aromatic rings. The molecule has 3 heterocycles. The third-order valence-corrected chi connectivity index (χ3v) is 6.52. The summed E-state index contributed by atoms with van der Waals surface area (Å²) in [6, 6.07) is 14.0. The first-order valence-electron chi connectivity index (χ1n) is 10.8. The minimum absolute atomic E-state index is 0.0299. The highest BCUT2D eigenvalue weighted by Gasteiger charge is 2.41. The van der Waals surface area contributed by atoms with Gasteiger partial charge in [-0.25, -0.2) is 0 Å². The van der Waals surface area contributed by atoms with E-state index in [2.05, 4.69) is 59.6 Å². The van der Waals surface area contributed by atoms with E-state index in [0.29, 0.717) is 10.9 Å². The highest BCUT2D eigenvalue weighted by molar-refractivity contribution is 7.80. The number of ether oxygens (including phenoxy) is 1. The topological polar surface area (TPSA) is 42.3 Å². The van der Waals surface area contributed by atoms with Crippen LogP contribution in [0.3, 0.4) is 0 Å². The standard InChI is InChI=1S/C25H29ClN4OS/c1-15(2)14-29-24(23(28-25(29)32)20-8-6-7-11-27-20)19-12-16(3)30(17(19)4)21-13-18(26)9-10-22(21)31-5/h6-13,15,23-24H,14H2,1-5H3,(H,28,32)/t23-,24-/m1/s1. The van der Waals surface area contributed by atoms with Crippen LogP contribution in [0.2, 0.25) is 5.02 Å². The van der Waals surface area contributed by atoms with Gasteiger partial charge < -0.3 is 19.5 Å². The summed E-state index contributed by atoms with van der Waals surface area (Å²) in [6.07, 6.45) is 1.84. The van der Waals surface area contributed by atoms with Crippen molar-refractivity contribution in [3.63, 3.8) is 0 Å². The zero-order valence-electron chi connectivity index (χ0n) is 19.1. The summed E-state index contributed by atoms with van der Waals surface area (Å²) in [5, 5.41) is 4.98. The molecule has 0 unspecified atom stereocenters. The van der Waals surface area contributed by atoms with E-state index in [1.807, 2.05) is 36.5 Å². The van der Waals surface area contributed by atoms with Crippen LogP contribution in [-0.4, -0.2) is 33.2 Å². The molecule has 7 heteroatoms. The van der Waals surface area contributed by atoms with Gasteiger partial charge in [-0.3, -0.25) is 4.98 Å². The van der Waals surface area contributed by atoms with Crippen LogP contribution in [0.15, 0.2) is 48.7 Å². The van der Waals surface area contributed by atoms with Crippen LogP contribution in [0.25, 0.3) is 5.69 Å². The number of rotatable bonds is 6. The molecule has 1 saturated heterocycles. The van der Waals surface area contributed by atoms with Crippen LogP contribution < -0.4 is 10.1 Å². The molecule has 1 aliphatic heterocycles. The Hall–Kier alpha value is -2.57. The van der Waals surface area contributed by atoms with Crippen LogP contribution in [0.1, 0.15) is 48.6 Å². The monoisotopic (exact) mass is 468 g/mol. The highest BCUT2D eigenvalue weighted by Crippen LogP contribution is 2.42. The molecule has 0 spiro atoms. The number of nitrogens with zero attached hydrogens (tertiary/aromatic N) is 3. The van der Waals surface area contributed by atoms with Crippen molar-refractivity contribution in [3.05, 3.63) is 76.3 Å². The van der Waals surface area contributed by atoms with Crippen molar-refractivity contribution in [1.82, 2.24) is 19.8 Å². The second-order valence-corrected chi connectivity index (χ2v) is 9.47. The predicted molar refractivity (Wildman–Crippen MR) is 134 cm³/mol. The predicted octanol–water partition coefficient (Wildman–Crippen LogP) is 5.78. The third-order valence-electron chi connectivity index (χ3n) is 5.93. The Morgan fingerprint density at radius 1 is 1.19 bits per heavy atom. The van der Waals surface area contributed by atoms with Gasteiger partial charge in [0.2, 0.25) is 0 Å². The minimum Gasteiger partial charge on any atom is -0.495 e. The second-order valence-electron chi connectivity index (χ2n) is 8.65. The van der Waals surface area contributed by atoms with E-state index in [1.165, 1.54) is 5.56 Å². The van der Waals surface area contributed by atoms with Crippen LogP contribution in [0, 0.1) is 19.8 Å². The lowest BCUT2D eigenvalue weighted by atomic mass is 9.96. The van der Waals surface area contributed by atoms with Gasteiger partial charge in [0.05, 0.1) is 30.6 Å². The van der Waals surface area contributed by atoms with Crippen molar-refractivity contribution in [2.45, 2.75) is 39.8 Å². The Balaban J connectivity index is 1.87. The van der Waals surface area contributed by atoms with E-state index in [1.54, 1.807) is 7.11 Å². The average Bonchev–Trinajstić information content (AvgIpc) is 3.23. The molecule has 0 aliphatic carbocycles. The molecule has 5 nitrogen and oxygen atoms in total. The zero-order valence-corrected chi connectivity index (χ0v) is 20.7. The van der Waals surface area contributed by atoms with E-state index in [9.17, 15) is 0 Å². The molecular weight excluding hydrogens is 440 g/mol. The van der Waals surface area contributed by atoms with Crippen LogP contribution in [0.4, 0.5) is 0 Å².